The van der Waals surface area contributed by atoms with Gasteiger partial charge < -0.3 is 20.1 Å². The molecular formula is C15H20ClN3O3. The topological polar surface area (TPSA) is 83.4 Å². The lowest BCUT2D eigenvalue weighted by Crippen LogP contribution is -2.36. The molecule has 0 amide bonds. The van der Waals surface area contributed by atoms with Gasteiger partial charge in [0.25, 0.3) is 0 Å². The molecule has 0 bridgehead atoms. The zero-order chi connectivity index (χ0) is 16.4. The molecule has 6 nitrogen and oxygen atoms in total. The molecule has 7 heteroatoms. The van der Waals surface area contributed by atoms with Gasteiger partial charge in [-0.2, -0.15) is 5.26 Å². The van der Waals surface area contributed by atoms with E-state index in [-0.39, 0.29) is 18.4 Å². The van der Waals surface area contributed by atoms with Gasteiger partial charge in [0, 0.05) is 31.9 Å². The molecular weight excluding hydrogens is 306 g/mol. The Morgan fingerprint density at radius 3 is 2.82 bits per heavy atom. The van der Waals surface area contributed by atoms with Crippen molar-refractivity contribution in [3.05, 3.63) is 28.8 Å². The molecule has 1 unspecified atom stereocenters. The standard InChI is InChI=1S/C15H20ClN3O3/c1-21-6-5-18-10-13(8-15(20)22-2)19-12-4-3-11(9-17)14(16)7-12/h3-4,7,13,18-19H,5-6,8,10H2,1-2H3. The number of carbonyl (C=O) groups excluding carboxylic acids is 1. The number of benzene rings is 1. The molecule has 1 aromatic rings. The second kappa shape index (κ2) is 10.0. The van der Waals surface area contributed by atoms with Gasteiger partial charge in [0.05, 0.1) is 30.7 Å². The minimum Gasteiger partial charge on any atom is -0.469 e. The number of hydrogen-bond donors (Lipinski definition) is 2. The summed E-state index contributed by atoms with van der Waals surface area (Å²) in [7, 11) is 2.99. The number of methoxy groups -OCH3 is 2. The molecule has 1 aromatic carbocycles. The summed E-state index contributed by atoms with van der Waals surface area (Å²) in [4.78, 5) is 11.5. The van der Waals surface area contributed by atoms with Crippen LogP contribution in [-0.4, -0.2) is 45.9 Å². The summed E-state index contributed by atoms with van der Waals surface area (Å²) in [6.07, 6.45) is 0.216. The van der Waals surface area contributed by atoms with E-state index in [1.54, 1.807) is 25.3 Å². The Kier molecular flexibility index (Phi) is 8.30. The van der Waals surface area contributed by atoms with Gasteiger partial charge >= 0.3 is 5.97 Å². The number of anilines is 1. The molecule has 0 saturated carbocycles. The van der Waals surface area contributed by atoms with Crippen LogP contribution < -0.4 is 10.6 Å². The maximum atomic E-state index is 11.5. The molecule has 0 fully saturated rings. The largest absolute Gasteiger partial charge is 0.469 e. The Morgan fingerprint density at radius 1 is 1.45 bits per heavy atom. The molecule has 0 aromatic heterocycles. The lowest BCUT2D eigenvalue weighted by molar-refractivity contribution is -0.140. The first-order valence-corrected chi connectivity index (χ1v) is 7.21. The third kappa shape index (κ3) is 6.31. The van der Waals surface area contributed by atoms with Crippen molar-refractivity contribution < 1.29 is 14.3 Å². The predicted octanol–water partition coefficient (Wildman–Crippen LogP) is 1.79. The van der Waals surface area contributed by atoms with E-state index in [9.17, 15) is 4.79 Å². The highest BCUT2D eigenvalue weighted by Gasteiger charge is 2.14. The van der Waals surface area contributed by atoms with E-state index < -0.39 is 0 Å². The second-order valence-corrected chi connectivity index (χ2v) is 5.03. The van der Waals surface area contributed by atoms with Crippen molar-refractivity contribution in [1.82, 2.24) is 5.32 Å². The van der Waals surface area contributed by atoms with E-state index in [2.05, 4.69) is 10.6 Å². The zero-order valence-corrected chi connectivity index (χ0v) is 13.4. The molecule has 22 heavy (non-hydrogen) atoms. The van der Waals surface area contributed by atoms with Crippen LogP contribution in [0.3, 0.4) is 0 Å². The molecule has 0 aliphatic rings. The highest BCUT2D eigenvalue weighted by atomic mass is 35.5. The molecule has 0 aliphatic carbocycles. The van der Waals surface area contributed by atoms with Gasteiger partial charge in [-0.3, -0.25) is 4.79 Å². The van der Waals surface area contributed by atoms with Gasteiger partial charge in [0.1, 0.15) is 6.07 Å². The Bertz CT molecular complexity index is 531. The van der Waals surface area contributed by atoms with Crippen molar-refractivity contribution >= 4 is 23.3 Å². The van der Waals surface area contributed by atoms with Gasteiger partial charge in [0.15, 0.2) is 0 Å². The predicted molar refractivity (Wildman–Crippen MR) is 85.0 cm³/mol. The van der Waals surface area contributed by atoms with Crippen molar-refractivity contribution in [2.75, 3.05) is 39.2 Å². The van der Waals surface area contributed by atoms with Gasteiger partial charge in [-0.25, -0.2) is 0 Å². The van der Waals surface area contributed by atoms with Crippen molar-refractivity contribution in [3.8, 4) is 6.07 Å². The molecule has 0 saturated heterocycles. The third-order valence-corrected chi connectivity index (χ3v) is 3.29. The first kappa shape index (κ1) is 18.2. The summed E-state index contributed by atoms with van der Waals surface area (Å²) >= 11 is 6.01. The summed E-state index contributed by atoms with van der Waals surface area (Å²) in [5, 5.41) is 15.7. The number of nitrogens with zero attached hydrogens (tertiary/aromatic N) is 1. The lowest BCUT2D eigenvalue weighted by Gasteiger charge is -2.20. The summed E-state index contributed by atoms with van der Waals surface area (Å²) < 4.78 is 9.67. The maximum absolute atomic E-state index is 11.5. The molecule has 1 atom stereocenters. The van der Waals surface area contributed by atoms with E-state index in [4.69, 9.17) is 26.3 Å². The lowest BCUT2D eigenvalue weighted by atomic mass is 10.1. The van der Waals surface area contributed by atoms with Crippen LogP contribution in [0.15, 0.2) is 18.2 Å². The highest BCUT2D eigenvalue weighted by Crippen LogP contribution is 2.21. The van der Waals surface area contributed by atoms with Gasteiger partial charge in [0.2, 0.25) is 0 Å². The molecule has 0 aliphatic heterocycles. The Balaban J connectivity index is 2.67. The van der Waals surface area contributed by atoms with E-state index in [1.807, 2.05) is 6.07 Å². The maximum Gasteiger partial charge on any atom is 0.307 e. The Hall–Kier alpha value is -1.81. The van der Waals surface area contributed by atoms with Crippen LogP contribution in [0.1, 0.15) is 12.0 Å². The van der Waals surface area contributed by atoms with Gasteiger partial charge in [-0.05, 0) is 18.2 Å². The average molecular weight is 326 g/mol. The normalized spacial score (nSPS) is 11.5. The number of nitriles is 1. The van der Waals surface area contributed by atoms with Crippen molar-refractivity contribution in [2.24, 2.45) is 0 Å². The van der Waals surface area contributed by atoms with Crippen LogP contribution in [0.25, 0.3) is 0 Å². The molecule has 0 radical (unpaired) electrons. The van der Waals surface area contributed by atoms with Crippen LogP contribution >= 0.6 is 11.6 Å². The molecule has 1 rings (SSSR count). The number of hydrogen-bond acceptors (Lipinski definition) is 6. The number of esters is 1. The molecule has 120 valence electrons. The van der Waals surface area contributed by atoms with E-state index >= 15 is 0 Å². The Morgan fingerprint density at radius 2 is 2.23 bits per heavy atom. The first-order chi connectivity index (χ1) is 10.6. The average Bonchev–Trinajstić information content (AvgIpc) is 2.51. The van der Waals surface area contributed by atoms with Crippen LogP contribution in [0, 0.1) is 11.3 Å². The van der Waals surface area contributed by atoms with Gasteiger partial charge in [-0.1, -0.05) is 11.6 Å². The summed E-state index contributed by atoms with van der Waals surface area (Å²) in [6.45, 7) is 1.84. The van der Waals surface area contributed by atoms with E-state index in [1.165, 1.54) is 7.11 Å². The fraction of sp³-hybridized carbons (Fsp3) is 0.467. The molecule has 0 heterocycles. The van der Waals surface area contributed by atoms with Crippen LogP contribution in [0.4, 0.5) is 5.69 Å². The molecule has 2 N–H and O–H groups in total. The summed E-state index contributed by atoms with van der Waals surface area (Å²) in [5.74, 6) is -0.300. The van der Waals surface area contributed by atoms with Crippen molar-refractivity contribution in [1.29, 1.82) is 5.26 Å². The first-order valence-electron chi connectivity index (χ1n) is 6.83. The minimum absolute atomic E-state index is 0.159. The van der Waals surface area contributed by atoms with Crippen molar-refractivity contribution in [2.45, 2.75) is 12.5 Å². The van der Waals surface area contributed by atoms with E-state index in [0.29, 0.717) is 30.3 Å². The summed E-state index contributed by atoms with van der Waals surface area (Å²) in [6, 6.07) is 6.90. The number of ether oxygens (including phenoxy) is 2. The molecule has 0 spiro atoms. The summed E-state index contributed by atoms with van der Waals surface area (Å²) in [5.41, 5.74) is 1.15. The van der Waals surface area contributed by atoms with Crippen LogP contribution in [0.5, 0.6) is 0 Å². The smallest absolute Gasteiger partial charge is 0.307 e. The van der Waals surface area contributed by atoms with Gasteiger partial charge in [-0.15, -0.1) is 0 Å². The quantitative estimate of drug-likeness (QED) is 0.532. The minimum atomic E-state index is -0.300. The highest BCUT2D eigenvalue weighted by molar-refractivity contribution is 6.32. The number of halogens is 1. The third-order valence-electron chi connectivity index (χ3n) is 2.97. The number of rotatable bonds is 9. The fourth-order valence-corrected chi connectivity index (χ4v) is 2.06. The monoisotopic (exact) mass is 325 g/mol. The SMILES string of the molecule is COCCNCC(CC(=O)OC)Nc1ccc(C#N)c(Cl)c1. The Labute approximate surface area is 135 Å². The fourth-order valence-electron chi connectivity index (χ4n) is 1.84. The second-order valence-electron chi connectivity index (χ2n) is 4.62. The number of carbonyl (C=O) groups is 1. The number of nitrogens with one attached hydrogen (secondary N) is 2. The van der Waals surface area contributed by atoms with Crippen LogP contribution in [-0.2, 0) is 14.3 Å². The van der Waals surface area contributed by atoms with Crippen LogP contribution in [0.2, 0.25) is 5.02 Å². The van der Waals surface area contributed by atoms with Crippen molar-refractivity contribution in [3.63, 3.8) is 0 Å². The van der Waals surface area contributed by atoms with E-state index in [0.717, 1.165) is 5.69 Å². The zero-order valence-electron chi connectivity index (χ0n) is 12.7.